The maximum absolute atomic E-state index is 2.44. The van der Waals surface area contributed by atoms with Crippen molar-refractivity contribution in [2.75, 3.05) is 4.90 Å². The molecule has 11 rings (SSSR count). The van der Waals surface area contributed by atoms with E-state index in [0.29, 0.717) is 0 Å². The summed E-state index contributed by atoms with van der Waals surface area (Å²) in [6.45, 7) is 4.72. The van der Waals surface area contributed by atoms with E-state index < -0.39 is 0 Å². The van der Waals surface area contributed by atoms with E-state index in [1.807, 2.05) is 22.7 Å². The van der Waals surface area contributed by atoms with Crippen LogP contribution in [-0.2, 0) is 5.41 Å². The van der Waals surface area contributed by atoms with Crippen LogP contribution in [0, 0.1) is 0 Å². The van der Waals surface area contributed by atoms with Gasteiger partial charge in [-0.15, -0.1) is 22.7 Å². The lowest BCUT2D eigenvalue weighted by Gasteiger charge is -2.28. The molecule has 2 aromatic heterocycles. The lowest BCUT2D eigenvalue weighted by molar-refractivity contribution is 0.660. The van der Waals surface area contributed by atoms with Gasteiger partial charge in [0.05, 0.1) is 0 Å². The van der Waals surface area contributed by atoms with Gasteiger partial charge >= 0.3 is 0 Å². The molecule has 0 fully saturated rings. The van der Waals surface area contributed by atoms with Crippen LogP contribution in [0.15, 0.2) is 164 Å². The van der Waals surface area contributed by atoms with E-state index in [4.69, 9.17) is 0 Å². The average molecular weight is 700 g/mol. The third-order valence-electron chi connectivity index (χ3n) is 11.3. The highest BCUT2D eigenvalue weighted by molar-refractivity contribution is 7.26. The summed E-state index contributed by atoms with van der Waals surface area (Å²) in [5.74, 6) is 0. The minimum atomic E-state index is -0.0808. The SMILES string of the molecule is CC1(C)c2ccccc2-c2ccc(N(c3ccc(-c4ccc5c(c4)sc4c6ccccc6ccc54)cc3)c3ccc4sc5ccccc5c4c3)cc21. The Morgan fingerprint density at radius 1 is 0.404 bits per heavy atom. The molecule has 0 radical (unpaired) electrons. The number of hydrogen-bond acceptors (Lipinski definition) is 3. The van der Waals surface area contributed by atoms with E-state index >= 15 is 0 Å². The maximum atomic E-state index is 2.44. The summed E-state index contributed by atoms with van der Waals surface area (Å²) in [5.41, 5.74) is 11.3. The number of thiophene rings is 2. The van der Waals surface area contributed by atoms with Gasteiger partial charge in [-0.3, -0.25) is 0 Å². The first-order chi connectivity index (χ1) is 25.5. The molecule has 246 valence electrons. The van der Waals surface area contributed by atoms with Gasteiger partial charge in [0.25, 0.3) is 0 Å². The number of anilines is 3. The fraction of sp³-hybridized carbons (Fsp3) is 0.0612. The first-order valence-corrected chi connectivity index (χ1v) is 19.5. The van der Waals surface area contributed by atoms with E-state index in [2.05, 4.69) is 183 Å². The Morgan fingerprint density at radius 3 is 1.96 bits per heavy atom. The van der Waals surface area contributed by atoms with Crippen LogP contribution in [0.4, 0.5) is 17.1 Å². The molecule has 1 aliphatic rings. The summed E-state index contributed by atoms with van der Waals surface area (Å²) in [6.07, 6.45) is 0. The molecule has 0 spiro atoms. The van der Waals surface area contributed by atoms with E-state index in [1.165, 1.54) is 90.2 Å². The third-order valence-corrected chi connectivity index (χ3v) is 13.6. The number of nitrogens with zero attached hydrogens (tertiary/aromatic N) is 1. The van der Waals surface area contributed by atoms with Crippen molar-refractivity contribution in [2.45, 2.75) is 19.3 Å². The quantitative estimate of drug-likeness (QED) is 0.177. The average Bonchev–Trinajstić information content (AvgIpc) is 3.83. The second kappa shape index (κ2) is 11.1. The van der Waals surface area contributed by atoms with Gasteiger partial charge in [-0.1, -0.05) is 123 Å². The molecule has 0 bridgehead atoms. The zero-order chi connectivity index (χ0) is 34.6. The molecule has 2 heterocycles. The Morgan fingerprint density at radius 2 is 1.06 bits per heavy atom. The monoisotopic (exact) mass is 699 g/mol. The first kappa shape index (κ1) is 29.9. The third kappa shape index (κ3) is 4.40. The standard InChI is InChI=1S/C49H33NS2/c1-49(2)43-13-7-5-11-37(43)38-25-21-35(29-44(38)49)50(34-22-26-46-42(28-34)39-12-6-8-14-45(39)51-46)33-19-15-30(16-20-33)32-18-23-40-41-24-17-31-9-3-4-10-36(31)48(41)52-47(40)27-32/h3-29H,1-2H3. The molecule has 8 aromatic carbocycles. The van der Waals surface area contributed by atoms with Crippen molar-refractivity contribution in [3.8, 4) is 22.3 Å². The molecule has 1 aliphatic carbocycles. The molecule has 0 saturated carbocycles. The molecular formula is C49H33NS2. The normalized spacial score (nSPS) is 13.3. The summed E-state index contributed by atoms with van der Waals surface area (Å²) >= 11 is 3.77. The summed E-state index contributed by atoms with van der Waals surface area (Å²) in [5, 5.41) is 7.92. The Labute approximate surface area is 310 Å². The van der Waals surface area contributed by atoms with Crippen LogP contribution in [0.3, 0.4) is 0 Å². The minimum absolute atomic E-state index is 0.0808. The van der Waals surface area contributed by atoms with E-state index in [-0.39, 0.29) is 5.41 Å². The first-order valence-electron chi connectivity index (χ1n) is 17.9. The molecule has 0 aliphatic heterocycles. The summed E-state index contributed by atoms with van der Waals surface area (Å²) in [4.78, 5) is 2.44. The molecule has 52 heavy (non-hydrogen) atoms. The Bertz CT molecular complexity index is 3050. The largest absolute Gasteiger partial charge is 0.310 e. The molecule has 1 nitrogen and oxygen atoms in total. The van der Waals surface area contributed by atoms with Crippen molar-refractivity contribution in [1.29, 1.82) is 0 Å². The Hall–Kier alpha value is -5.74. The van der Waals surface area contributed by atoms with Crippen LogP contribution >= 0.6 is 22.7 Å². The predicted molar refractivity (Wildman–Crippen MR) is 227 cm³/mol. The summed E-state index contributed by atoms with van der Waals surface area (Å²) < 4.78 is 5.33. The van der Waals surface area contributed by atoms with Crippen LogP contribution in [-0.4, -0.2) is 0 Å². The van der Waals surface area contributed by atoms with Crippen molar-refractivity contribution < 1.29 is 0 Å². The van der Waals surface area contributed by atoms with Crippen molar-refractivity contribution in [3.63, 3.8) is 0 Å². The molecule has 0 N–H and O–H groups in total. The highest BCUT2D eigenvalue weighted by Gasteiger charge is 2.35. The number of hydrogen-bond donors (Lipinski definition) is 0. The lowest BCUT2D eigenvalue weighted by Crippen LogP contribution is -2.16. The molecule has 10 aromatic rings. The van der Waals surface area contributed by atoms with Crippen LogP contribution in [0.25, 0.3) is 73.4 Å². The van der Waals surface area contributed by atoms with Gasteiger partial charge < -0.3 is 4.90 Å². The number of rotatable bonds is 4. The number of fused-ring (bicyclic) bond motifs is 11. The molecule has 0 amide bonds. The maximum Gasteiger partial charge on any atom is 0.0468 e. The van der Waals surface area contributed by atoms with Crippen LogP contribution in [0.5, 0.6) is 0 Å². The Balaban J connectivity index is 1.04. The fourth-order valence-corrected chi connectivity index (χ4v) is 11.0. The topological polar surface area (TPSA) is 3.24 Å². The fourth-order valence-electron chi connectivity index (χ4n) is 8.62. The molecule has 0 unspecified atom stereocenters. The van der Waals surface area contributed by atoms with Crippen molar-refractivity contribution in [2.24, 2.45) is 0 Å². The molecule has 0 atom stereocenters. The van der Waals surface area contributed by atoms with Crippen LogP contribution in [0.1, 0.15) is 25.0 Å². The van der Waals surface area contributed by atoms with Gasteiger partial charge in [-0.2, -0.15) is 0 Å². The van der Waals surface area contributed by atoms with Crippen molar-refractivity contribution >= 4 is 90.9 Å². The van der Waals surface area contributed by atoms with Gasteiger partial charge in [-0.05, 0) is 98.8 Å². The zero-order valence-corrected chi connectivity index (χ0v) is 30.5. The molecular weight excluding hydrogens is 667 g/mol. The van der Waals surface area contributed by atoms with Crippen molar-refractivity contribution in [3.05, 3.63) is 175 Å². The zero-order valence-electron chi connectivity index (χ0n) is 28.9. The number of benzene rings is 8. The molecule has 3 heteroatoms. The van der Waals surface area contributed by atoms with Crippen LogP contribution < -0.4 is 4.90 Å². The minimum Gasteiger partial charge on any atom is -0.310 e. The van der Waals surface area contributed by atoms with E-state index in [0.717, 1.165) is 11.4 Å². The summed E-state index contributed by atoms with van der Waals surface area (Å²) in [6, 6.07) is 61.1. The Kier molecular flexibility index (Phi) is 6.41. The van der Waals surface area contributed by atoms with Gasteiger partial charge in [0.1, 0.15) is 0 Å². The van der Waals surface area contributed by atoms with Gasteiger partial charge in [0.15, 0.2) is 0 Å². The highest BCUT2D eigenvalue weighted by atomic mass is 32.1. The molecule has 0 saturated heterocycles. The summed E-state index contributed by atoms with van der Waals surface area (Å²) in [7, 11) is 0. The van der Waals surface area contributed by atoms with Gasteiger partial charge in [0, 0.05) is 62.8 Å². The lowest BCUT2D eigenvalue weighted by atomic mass is 9.82. The smallest absolute Gasteiger partial charge is 0.0468 e. The van der Waals surface area contributed by atoms with Gasteiger partial charge in [-0.25, -0.2) is 0 Å². The highest BCUT2D eigenvalue weighted by Crippen LogP contribution is 2.51. The van der Waals surface area contributed by atoms with Crippen LogP contribution in [0.2, 0.25) is 0 Å². The second-order valence-electron chi connectivity index (χ2n) is 14.5. The van der Waals surface area contributed by atoms with Gasteiger partial charge in [0.2, 0.25) is 0 Å². The van der Waals surface area contributed by atoms with Crippen molar-refractivity contribution in [1.82, 2.24) is 0 Å². The second-order valence-corrected chi connectivity index (χ2v) is 16.7. The van der Waals surface area contributed by atoms with E-state index in [9.17, 15) is 0 Å². The van der Waals surface area contributed by atoms with E-state index in [1.54, 1.807) is 0 Å². The predicted octanol–water partition coefficient (Wildman–Crippen LogP) is 15.0.